The minimum Gasteiger partial charge on any atom is -0.504 e. The van der Waals surface area contributed by atoms with Gasteiger partial charge in [0.05, 0.1) is 17.5 Å². The molecule has 6 rings (SSSR count). The maximum Gasteiger partial charge on any atom is 0.573 e. The van der Waals surface area contributed by atoms with Gasteiger partial charge in [-0.1, -0.05) is 32.0 Å². The predicted molar refractivity (Wildman–Crippen MR) is 155 cm³/mol. The SMILES string of the molecule is CC(=O)O[C@@]12CC[C@@H](N(CC(C)C)C(=O)C=Cc3cccc(OC(F)(F)F)c3)[C@@H]3Oc4c(O)ccc5c4[C@@]31CCN(C)[C@@H]2C5. The van der Waals surface area contributed by atoms with Crippen LogP contribution in [0.5, 0.6) is 17.2 Å². The number of nitrogens with zero attached hydrogens (tertiary/aromatic N) is 2. The van der Waals surface area contributed by atoms with Crippen LogP contribution in [-0.4, -0.2) is 77.1 Å². The number of hydrogen-bond acceptors (Lipinski definition) is 7. The fraction of sp³-hybridized carbons (Fsp3) is 0.515. The van der Waals surface area contributed by atoms with Crippen LogP contribution in [0.25, 0.3) is 6.08 Å². The normalized spacial score (nSPS) is 28.9. The average Bonchev–Trinajstić information content (AvgIpc) is 3.29. The van der Waals surface area contributed by atoms with Crippen molar-refractivity contribution in [2.45, 2.75) is 82.0 Å². The largest absolute Gasteiger partial charge is 0.573 e. The third kappa shape index (κ3) is 4.80. The van der Waals surface area contributed by atoms with E-state index in [1.807, 2.05) is 27.0 Å². The number of hydrogen-bond donors (Lipinski definition) is 1. The zero-order chi connectivity index (χ0) is 31.6. The molecule has 5 atom stereocenters. The van der Waals surface area contributed by atoms with Crippen molar-refractivity contribution in [1.82, 2.24) is 9.80 Å². The van der Waals surface area contributed by atoms with Gasteiger partial charge in [-0.05, 0) is 80.6 Å². The van der Waals surface area contributed by atoms with E-state index < -0.39 is 29.5 Å². The molecule has 1 amide bonds. The van der Waals surface area contributed by atoms with Crippen LogP contribution in [0.2, 0.25) is 0 Å². The van der Waals surface area contributed by atoms with Crippen molar-refractivity contribution in [3.63, 3.8) is 0 Å². The standard InChI is InChI=1S/C33H37F3N2O6/c1-19(2)18-38(27(41)11-8-21-6-5-7-23(16-21)44-33(34,35)36)24-12-13-32(43-20(3)39)26-17-22-9-10-25(40)29-28(22)31(32,30(24)42-29)14-15-37(26)4/h5-11,16,19,24,26,30,40H,12-15,17-18H2,1-4H3/t24-,26-,30+,31+,32-/m1/s1. The van der Waals surface area contributed by atoms with Crippen LogP contribution in [0, 0.1) is 5.92 Å². The summed E-state index contributed by atoms with van der Waals surface area (Å²) < 4.78 is 55.4. The molecule has 2 bridgehead atoms. The topological polar surface area (TPSA) is 88.5 Å². The number of carbonyl (C=O) groups excluding carboxylic acids is 2. The van der Waals surface area contributed by atoms with Crippen molar-refractivity contribution in [2.75, 3.05) is 20.1 Å². The molecule has 1 saturated heterocycles. The van der Waals surface area contributed by atoms with Gasteiger partial charge in [0.15, 0.2) is 11.5 Å². The van der Waals surface area contributed by atoms with Gasteiger partial charge in [0.1, 0.15) is 17.5 Å². The Hall–Kier alpha value is -3.73. The summed E-state index contributed by atoms with van der Waals surface area (Å²) in [6.07, 6.45) is -0.319. The van der Waals surface area contributed by atoms with E-state index in [2.05, 4.69) is 9.64 Å². The molecule has 0 radical (unpaired) electrons. The highest BCUT2D eigenvalue weighted by Gasteiger charge is 2.75. The monoisotopic (exact) mass is 614 g/mol. The van der Waals surface area contributed by atoms with E-state index in [0.717, 1.165) is 17.7 Å². The van der Waals surface area contributed by atoms with Crippen molar-refractivity contribution in [2.24, 2.45) is 5.92 Å². The average molecular weight is 615 g/mol. The Morgan fingerprint density at radius 1 is 1.23 bits per heavy atom. The molecule has 2 aromatic rings. The molecule has 2 fully saturated rings. The Balaban J connectivity index is 1.40. The molecule has 11 heteroatoms. The lowest BCUT2D eigenvalue weighted by Crippen LogP contribution is -2.79. The van der Waals surface area contributed by atoms with E-state index in [-0.39, 0.29) is 35.3 Å². The number of halogens is 3. The number of carbonyl (C=O) groups is 2. The predicted octanol–water partition coefficient (Wildman–Crippen LogP) is 5.21. The molecular weight excluding hydrogens is 577 g/mol. The number of piperidine rings is 1. The maximum absolute atomic E-state index is 14.0. The number of esters is 1. The van der Waals surface area contributed by atoms with Gasteiger partial charge in [0.2, 0.25) is 5.91 Å². The van der Waals surface area contributed by atoms with Crippen molar-refractivity contribution in [1.29, 1.82) is 0 Å². The van der Waals surface area contributed by atoms with Crippen LogP contribution >= 0.6 is 0 Å². The van der Waals surface area contributed by atoms with Gasteiger partial charge in [-0.2, -0.15) is 0 Å². The number of phenolic OH excluding ortho intramolecular Hbond substituents is 1. The second-order valence-electron chi connectivity index (χ2n) is 12.8. The Labute approximate surface area is 254 Å². The number of benzene rings is 2. The Morgan fingerprint density at radius 3 is 2.70 bits per heavy atom. The van der Waals surface area contributed by atoms with E-state index in [0.29, 0.717) is 43.5 Å². The minimum atomic E-state index is -4.83. The first-order valence-electron chi connectivity index (χ1n) is 15.0. The molecule has 1 saturated carbocycles. The number of rotatable bonds is 7. The Bertz CT molecular complexity index is 1510. The summed E-state index contributed by atoms with van der Waals surface area (Å²) in [7, 11) is 2.04. The molecule has 44 heavy (non-hydrogen) atoms. The molecule has 8 nitrogen and oxygen atoms in total. The Kier molecular flexibility index (Phi) is 7.38. The van der Waals surface area contributed by atoms with E-state index >= 15 is 0 Å². The summed E-state index contributed by atoms with van der Waals surface area (Å²) in [6, 6.07) is 8.49. The summed E-state index contributed by atoms with van der Waals surface area (Å²) in [4.78, 5) is 30.7. The number of ether oxygens (including phenoxy) is 3. The molecule has 2 aliphatic heterocycles. The van der Waals surface area contributed by atoms with Crippen molar-refractivity contribution in [3.05, 3.63) is 59.2 Å². The third-order valence-electron chi connectivity index (χ3n) is 9.74. The number of amides is 1. The summed E-state index contributed by atoms with van der Waals surface area (Å²) in [5.74, 6) is -0.560. The van der Waals surface area contributed by atoms with Gasteiger partial charge in [-0.15, -0.1) is 13.2 Å². The first-order valence-corrected chi connectivity index (χ1v) is 15.0. The lowest BCUT2D eigenvalue weighted by molar-refractivity contribution is -0.274. The quantitative estimate of drug-likeness (QED) is 0.338. The number of likely N-dealkylation sites (tertiary alicyclic amines) is 1. The molecule has 2 aliphatic carbocycles. The van der Waals surface area contributed by atoms with Crippen LogP contribution in [0.3, 0.4) is 0 Å². The molecule has 4 aliphatic rings. The summed E-state index contributed by atoms with van der Waals surface area (Å²) in [5.41, 5.74) is 0.628. The summed E-state index contributed by atoms with van der Waals surface area (Å²) in [5, 5.41) is 11.0. The van der Waals surface area contributed by atoms with E-state index in [1.54, 1.807) is 17.0 Å². The number of aromatic hydroxyl groups is 1. The zero-order valence-electron chi connectivity index (χ0n) is 25.2. The van der Waals surface area contributed by atoms with Crippen LogP contribution in [0.1, 0.15) is 56.7 Å². The molecular formula is C33H37F3N2O6. The second-order valence-corrected chi connectivity index (χ2v) is 12.8. The first-order chi connectivity index (χ1) is 20.8. The van der Waals surface area contributed by atoms with Gasteiger partial charge in [0, 0.05) is 25.1 Å². The van der Waals surface area contributed by atoms with E-state index in [4.69, 9.17) is 9.47 Å². The lowest BCUT2D eigenvalue weighted by Gasteiger charge is -2.65. The highest BCUT2D eigenvalue weighted by Crippen LogP contribution is 2.67. The number of likely N-dealkylation sites (N-methyl/N-ethyl adjacent to an activating group) is 1. The molecule has 2 heterocycles. The third-order valence-corrected chi connectivity index (χ3v) is 9.74. The highest BCUT2D eigenvalue weighted by molar-refractivity contribution is 5.92. The van der Waals surface area contributed by atoms with Crippen molar-refractivity contribution < 1.29 is 42.1 Å². The molecule has 1 spiro atoms. The molecule has 1 N–H and O–H groups in total. The molecule has 236 valence electrons. The van der Waals surface area contributed by atoms with E-state index in [9.17, 15) is 27.9 Å². The molecule has 2 aromatic carbocycles. The summed E-state index contributed by atoms with van der Waals surface area (Å²) >= 11 is 0. The first kappa shape index (κ1) is 30.3. The fourth-order valence-corrected chi connectivity index (χ4v) is 8.34. The Morgan fingerprint density at radius 2 is 2.00 bits per heavy atom. The van der Waals surface area contributed by atoms with Gasteiger partial charge in [-0.3, -0.25) is 14.5 Å². The van der Waals surface area contributed by atoms with Crippen LogP contribution in [-0.2, 0) is 26.2 Å². The van der Waals surface area contributed by atoms with Crippen molar-refractivity contribution >= 4 is 18.0 Å². The molecule has 0 unspecified atom stereocenters. The highest BCUT2D eigenvalue weighted by atomic mass is 19.4. The van der Waals surface area contributed by atoms with Crippen LogP contribution < -0.4 is 9.47 Å². The van der Waals surface area contributed by atoms with Crippen LogP contribution in [0.4, 0.5) is 13.2 Å². The smallest absolute Gasteiger partial charge is 0.504 e. The lowest BCUT2D eigenvalue weighted by atomic mass is 9.48. The van der Waals surface area contributed by atoms with Gasteiger partial charge in [-0.25, -0.2) is 0 Å². The maximum atomic E-state index is 14.0. The van der Waals surface area contributed by atoms with E-state index in [1.165, 1.54) is 37.3 Å². The van der Waals surface area contributed by atoms with Gasteiger partial charge in [0.25, 0.3) is 0 Å². The number of alkyl halides is 3. The molecule has 0 aromatic heterocycles. The second kappa shape index (κ2) is 10.7. The van der Waals surface area contributed by atoms with Gasteiger partial charge >= 0.3 is 12.3 Å². The van der Waals surface area contributed by atoms with Crippen LogP contribution in [0.15, 0.2) is 42.5 Å². The summed E-state index contributed by atoms with van der Waals surface area (Å²) in [6.45, 7) is 6.56. The minimum absolute atomic E-state index is 0.0166. The zero-order valence-corrected chi connectivity index (χ0v) is 25.2. The van der Waals surface area contributed by atoms with Gasteiger partial charge < -0.3 is 24.2 Å². The van der Waals surface area contributed by atoms with Crippen molar-refractivity contribution in [3.8, 4) is 17.2 Å². The number of phenols is 1. The fourth-order valence-electron chi connectivity index (χ4n) is 8.34.